The lowest BCUT2D eigenvalue weighted by molar-refractivity contribution is 0.0646. The molecule has 4 heteroatoms. The van der Waals surface area contributed by atoms with Crippen LogP contribution in [-0.2, 0) is 0 Å². The summed E-state index contributed by atoms with van der Waals surface area (Å²) in [6.07, 6.45) is 4.52. The molecule has 98 valence electrons. The molecule has 0 aromatic carbocycles. The van der Waals surface area contributed by atoms with Crippen LogP contribution < -0.4 is 5.32 Å². The summed E-state index contributed by atoms with van der Waals surface area (Å²) in [7, 11) is 1.87. The zero-order valence-electron chi connectivity index (χ0n) is 11.1. The minimum absolute atomic E-state index is 0.0276. The van der Waals surface area contributed by atoms with Crippen LogP contribution in [0.5, 0.6) is 0 Å². The summed E-state index contributed by atoms with van der Waals surface area (Å²) in [4.78, 5) is 18.4. The quantitative estimate of drug-likeness (QED) is 0.869. The third-order valence-electron chi connectivity index (χ3n) is 3.47. The van der Waals surface area contributed by atoms with Gasteiger partial charge in [0.2, 0.25) is 0 Å². The molecule has 1 aliphatic carbocycles. The lowest BCUT2D eigenvalue weighted by Gasteiger charge is -2.34. The summed E-state index contributed by atoms with van der Waals surface area (Å²) in [6, 6.07) is 5.98. The smallest absolute Gasteiger partial charge is 0.272 e. The maximum atomic E-state index is 12.2. The molecule has 1 heterocycles. The molecule has 0 radical (unpaired) electrons. The number of amides is 1. The van der Waals surface area contributed by atoms with Crippen molar-refractivity contribution in [3.05, 3.63) is 23.9 Å². The predicted octanol–water partition coefficient (Wildman–Crippen LogP) is 2.53. The second-order valence-corrected chi connectivity index (χ2v) is 4.84. The van der Waals surface area contributed by atoms with Gasteiger partial charge < -0.3 is 10.2 Å². The van der Waals surface area contributed by atoms with E-state index in [1.165, 1.54) is 6.42 Å². The second-order valence-electron chi connectivity index (χ2n) is 4.84. The number of pyridine rings is 1. The monoisotopic (exact) mass is 247 g/mol. The van der Waals surface area contributed by atoms with Crippen LogP contribution in [0.4, 0.5) is 5.82 Å². The molecule has 1 aliphatic rings. The van der Waals surface area contributed by atoms with E-state index in [-0.39, 0.29) is 5.91 Å². The summed E-state index contributed by atoms with van der Waals surface area (Å²) in [5.41, 5.74) is 0.533. The fourth-order valence-corrected chi connectivity index (χ4v) is 2.03. The van der Waals surface area contributed by atoms with Crippen molar-refractivity contribution in [2.24, 2.45) is 0 Å². The third kappa shape index (κ3) is 2.81. The molecule has 0 spiro atoms. The predicted molar refractivity (Wildman–Crippen MR) is 72.8 cm³/mol. The number of hydrogen-bond acceptors (Lipinski definition) is 3. The van der Waals surface area contributed by atoms with Gasteiger partial charge in [0.25, 0.3) is 5.91 Å². The van der Waals surface area contributed by atoms with Gasteiger partial charge >= 0.3 is 0 Å². The van der Waals surface area contributed by atoms with Gasteiger partial charge in [-0.3, -0.25) is 4.79 Å². The molecule has 18 heavy (non-hydrogen) atoms. The van der Waals surface area contributed by atoms with Gasteiger partial charge in [-0.05, 0) is 37.8 Å². The molecule has 0 unspecified atom stereocenters. The molecule has 0 atom stereocenters. The summed E-state index contributed by atoms with van der Waals surface area (Å²) in [5.74, 6) is 0.810. The van der Waals surface area contributed by atoms with Gasteiger partial charge in [0.05, 0.1) is 0 Å². The van der Waals surface area contributed by atoms with Gasteiger partial charge in [-0.25, -0.2) is 4.98 Å². The minimum atomic E-state index is 0.0276. The number of hydrogen-bond donors (Lipinski definition) is 1. The second kappa shape index (κ2) is 5.85. The number of anilines is 1. The molecule has 1 aromatic heterocycles. The van der Waals surface area contributed by atoms with Crippen LogP contribution in [0.1, 0.15) is 43.1 Å². The maximum absolute atomic E-state index is 12.2. The minimum Gasteiger partial charge on any atom is -0.370 e. The van der Waals surface area contributed by atoms with Crippen molar-refractivity contribution in [3.8, 4) is 0 Å². The topological polar surface area (TPSA) is 45.2 Å². The first-order valence-electron chi connectivity index (χ1n) is 6.70. The first-order chi connectivity index (χ1) is 8.72. The molecule has 1 amide bonds. The highest BCUT2D eigenvalue weighted by Crippen LogP contribution is 2.24. The zero-order valence-corrected chi connectivity index (χ0v) is 11.1. The summed E-state index contributed by atoms with van der Waals surface area (Å²) < 4.78 is 0. The van der Waals surface area contributed by atoms with Crippen molar-refractivity contribution in [2.75, 3.05) is 18.9 Å². The SMILES string of the molecule is CCCNc1cccc(C(=O)N(C)C2CCC2)n1. The van der Waals surface area contributed by atoms with E-state index in [9.17, 15) is 4.79 Å². The molecule has 0 aliphatic heterocycles. The Morgan fingerprint density at radius 3 is 2.89 bits per heavy atom. The van der Waals surface area contributed by atoms with Gasteiger partial charge in [0.1, 0.15) is 11.5 Å². The van der Waals surface area contributed by atoms with Crippen molar-refractivity contribution < 1.29 is 4.79 Å². The van der Waals surface area contributed by atoms with Crippen LogP contribution >= 0.6 is 0 Å². The van der Waals surface area contributed by atoms with E-state index in [4.69, 9.17) is 0 Å². The van der Waals surface area contributed by atoms with E-state index < -0.39 is 0 Å². The van der Waals surface area contributed by atoms with Crippen molar-refractivity contribution in [1.29, 1.82) is 0 Å². The van der Waals surface area contributed by atoms with Crippen LogP contribution in [0.25, 0.3) is 0 Å². The molecular formula is C14H21N3O. The number of nitrogens with one attached hydrogen (secondary N) is 1. The number of carbonyl (C=O) groups excluding carboxylic acids is 1. The van der Waals surface area contributed by atoms with E-state index in [2.05, 4.69) is 17.2 Å². The van der Waals surface area contributed by atoms with Gasteiger partial charge in [0.15, 0.2) is 0 Å². The van der Waals surface area contributed by atoms with E-state index >= 15 is 0 Å². The van der Waals surface area contributed by atoms with Gasteiger partial charge in [-0.2, -0.15) is 0 Å². The van der Waals surface area contributed by atoms with Crippen LogP contribution in [0.2, 0.25) is 0 Å². The summed E-state index contributed by atoms with van der Waals surface area (Å²) >= 11 is 0. The number of aromatic nitrogens is 1. The van der Waals surface area contributed by atoms with Crippen LogP contribution in [0, 0.1) is 0 Å². The molecule has 2 rings (SSSR count). The average molecular weight is 247 g/mol. The first-order valence-corrected chi connectivity index (χ1v) is 6.70. The molecule has 1 aromatic rings. The Bertz CT molecular complexity index is 415. The Kier molecular flexibility index (Phi) is 4.18. The van der Waals surface area contributed by atoms with Crippen molar-refractivity contribution >= 4 is 11.7 Å². The molecular weight excluding hydrogens is 226 g/mol. The summed E-state index contributed by atoms with van der Waals surface area (Å²) in [6.45, 7) is 2.98. The number of nitrogens with zero attached hydrogens (tertiary/aromatic N) is 2. The van der Waals surface area contributed by atoms with Crippen molar-refractivity contribution in [1.82, 2.24) is 9.88 Å². The highest BCUT2D eigenvalue weighted by molar-refractivity contribution is 5.92. The Labute approximate surface area is 108 Å². The van der Waals surface area contributed by atoms with Crippen LogP contribution in [0.3, 0.4) is 0 Å². The van der Waals surface area contributed by atoms with E-state index in [1.54, 1.807) is 6.07 Å². The lowest BCUT2D eigenvalue weighted by Crippen LogP contribution is -2.41. The largest absolute Gasteiger partial charge is 0.370 e. The molecule has 0 saturated heterocycles. The highest BCUT2D eigenvalue weighted by Gasteiger charge is 2.26. The number of carbonyl (C=O) groups is 1. The van der Waals surface area contributed by atoms with Crippen LogP contribution in [-0.4, -0.2) is 35.4 Å². The average Bonchev–Trinajstić information content (AvgIpc) is 2.33. The highest BCUT2D eigenvalue weighted by atomic mass is 16.2. The summed E-state index contributed by atoms with van der Waals surface area (Å²) in [5, 5.41) is 3.20. The molecule has 1 fully saturated rings. The van der Waals surface area contributed by atoms with Crippen LogP contribution in [0.15, 0.2) is 18.2 Å². The van der Waals surface area contributed by atoms with Gasteiger partial charge in [0, 0.05) is 19.6 Å². The normalized spacial score (nSPS) is 15.0. The molecule has 1 N–H and O–H groups in total. The Hall–Kier alpha value is -1.58. The lowest BCUT2D eigenvalue weighted by atomic mass is 9.92. The van der Waals surface area contributed by atoms with Crippen molar-refractivity contribution in [3.63, 3.8) is 0 Å². The molecule has 0 bridgehead atoms. The maximum Gasteiger partial charge on any atom is 0.272 e. The Morgan fingerprint density at radius 2 is 2.28 bits per heavy atom. The van der Waals surface area contributed by atoms with E-state index in [1.807, 2.05) is 24.1 Å². The van der Waals surface area contributed by atoms with E-state index in [0.29, 0.717) is 11.7 Å². The van der Waals surface area contributed by atoms with Gasteiger partial charge in [-0.1, -0.05) is 13.0 Å². The van der Waals surface area contributed by atoms with Gasteiger partial charge in [-0.15, -0.1) is 0 Å². The standard InChI is InChI=1S/C14H21N3O/c1-3-10-15-13-9-5-8-12(16-13)14(18)17(2)11-6-4-7-11/h5,8-9,11H,3-4,6-7,10H2,1-2H3,(H,15,16). The molecule has 1 saturated carbocycles. The van der Waals surface area contributed by atoms with E-state index in [0.717, 1.165) is 31.6 Å². The zero-order chi connectivity index (χ0) is 13.0. The molecule has 4 nitrogen and oxygen atoms in total. The fourth-order valence-electron chi connectivity index (χ4n) is 2.03. The van der Waals surface area contributed by atoms with Crippen molar-refractivity contribution in [2.45, 2.75) is 38.6 Å². The number of rotatable bonds is 5. The first kappa shape index (κ1) is 12.9. The Morgan fingerprint density at radius 1 is 1.50 bits per heavy atom. The third-order valence-corrected chi connectivity index (χ3v) is 3.47. The fraction of sp³-hybridized carbons (Fsp3) is 0.571. The Balaban J connectivity index is 2.04.